The van der Waals surface area contributed by atoms with Crippen LogP contribution in [0.4, 0.5) is 0 Å². The first-order valence-corrected chi connectivity index (χ1v) is 4.99. The fraction of sp³-hybridized carbons (Fsp3) is 0.778. The highest BCUT2D eigenvalue weighted by Crippen LogP contribution is 2.13. The minimum Gasteiger partial charge on any atom is -0.480 e. The van der Waals surface area contributed by atoms with Crippen LogP contribution in [0.15, 0.2) is 0 Å². The molecular formula is C9H16N2O5. The van der Waals surface area contributed by atoms with Crippen molar-refractivity contribution < 1.29 is 24.5 Å². The summed E-state index contributed by atoms with van der Waals surface area (Å²) in [5.74, 6) is -2.09. The van der Waals surface area contributed by atoms with Crippen molar-refractivity contribution in [1.82, 2.24) is 10.6 Å². The van der Waals surface area contributed by atoms with Crippen LogP contribution in [0.5, 0.6) is 0 Å². The number of ether oxygens (including phenoxy) is 1. The van der Waals surface area contributed by atoms with Gasteiger partial charge in [0, 0.05) is 6.04 Å². The number of rotatable bonds is 5. The standard InChI is InChI=1S/C9H16N2O5/c1-10-7-4-16-3-5(7)8(13)11-6(2-12)9(14)15/h5-7,10,12H,2-4H2,1H3,(H,11,13)(H,14,15)/t5?,6-,7?/m1/s1. The van der Waals surface area contributed by atoms with Gasteiger partial charge < -0.3 is 25.6 Å². The van der Waals surface area contributed by atoms with Crippen molar-refractivity contribution in [1.29, 1.82) is 0 Å². The lowest BCUT2D eigenvalue weighted by molar-refractivity contribution is -0.143. The van der Waals surface area contributed by atoms with Crippen LogP contribution in [0.3, 0.4) is 0 Å². The zero-order valence-electron chi connectivity index (χ0n) is 8.97. The van der Waals surface area contributed by atoms with Gasteiger partial charge in [-0.1, -0.05) is 0 Å². The Morgan fingerprint density at radius 1 is 1.50 bits per heavy atom. The number of aliphatic hydroxyl groups excluding tert-OH is 1. The van der Waals surface area contributed by atoms with E-state index in [2.05, 4.69) is 10.6 Å². The van der Waals surface area contributed by atoms with Gasteiger partial charge in [0.2, 0.25) is 5.91 Å². The van der Waals surface area contributed by atoms with E-state index in [1.54, 1.807) is 7.05 Å². The lowest BCUT2D eigenvalue weighted by Gasteiger charge is -2.18. The van der Waals surface area contributed by atoms with E-state index < -0.39 is 30.4 Å². The Bertz CT molecular complexity index is 271. The number of hydrogen-bond acceptors (Lipinski definition) is 5. The molecule has 16 heavy (non-hydrogen) atoms. The summed E-state index contributed by atoms with van der Waals surface area (Å²) in [6.07, 6.45) is 0. The smallest absolute Gasteiger partial charge is 0.328 e. The lowest BCUT2D eigenvalue weighted by Crippen LogP contribution is -2.49. The van der Waals surface area contributed by atoms with Gasteiger partial charge in [-0.2, -0.15) is 0 Å². The quantitative estimate of drug-likeness (QED) is 0.428. The summed E-state index contributed by atoms with van der Waals surface area (Å²) < 4.78 is 5.12. The SMILES string of the molecule is CNC1COCC1C(=O)N[C@H](CO)C(=O)O. The summed E-state index contributed by atoms with van der Waals surface area (Å²) in [5.41, 5.74) is 0. The maximum atomic E-state index is 11.7. The molecule has 2 unspecified atom stereocenters. The third-order valence-electron chi connectivity index (χ3n) is 2.59. The van der Waals surface area contributed by atoms with Crippen LogP contribution in [0.1, 0.15) is 0 Å². The maximum absolute atomic E-state index is 11.7. The van der Waals surface area contributed by atoms with Gasteiger partial charge in [0.15, 0.2) is 0 Å². The van der Waals surface area contributed by atoms with E-state index in [9.17, 15) is 9.59 Å². The first-order valence-electron chi connectivity index (χ1n) is 4.99. The van der Waals surface area contributed by atoms with Gasteiger partial charge >= 0.3 is 5.97 Å². The number of carboxylic acid groups (broad SMARTS) is 1. The van der Waals surface area contributed by atoms with E-state index in [1.807, 2.05) is 0 Å². The van der Waals surface area contributed by atoms with Crippen molar-refractivity contribution in [3.05, 3.63) is 0 Å². The fourth-order valence-electron chi connectivity index (χ4n) is 1.56. The number of aliphatic carboxylic acids is 1. The van der Waals surface area contributed by atoms with Gasteiger partial charge in [-0.25, -0.2) is 4.79 Å². The molecule has 1 fully saturated rings. The van der Waals surface area contributed by atoms with E-state index in [0.29, 0.717) is 6.61 Å². The van der Waals surface area contributed by atoms with E-state index in [1.165, 1.54) is 0 Å². The predicted octanol–water partition coefficient (Wildman–Crippen LogP) is -2.22. The number of aliphatic hydroxyl groups is 1. The molecule has 4 N–H and O–H groups in total. The van der Waals surface area contributed by atoms with Crippen LogP contribution < -0.4 is 10.6 Å². The van der Waals surface area contributed by atoms with Crippen LogP contribution >= 0.6 is 0 Å². The Morgan fingerprint density at radius 2 is 2.19 bits per heavy atom. The molecule has 1 amide bonds. The second kappa shape index (κ2) is 5.78. The number of carbonyl (C=O) groups excluding carboxylic acids is 1. The number of nitrogens with one attached hydrogen (secondary N) is 2. The van der Waals surface area contributed by atoms with Gasteiger partial charge in [0.25, 0.3) is 0 Å². The number of carboxylic acids is 1. The van der Waals surface area contributed by atoms with Crippen molar-refractivity contribution in [3.8, 4) is 0 Å². The average molecular weight is 232 g/mol. The molecule has 0 saturated carbocycles. The molecule has 0 aromatic heterocycles. The van der Waals surface area contributed by atoms with E-state index in [4.69, 9.17) is 14.9 Å². The van der Waals surface area contributed by atoms with E-state index in [0.717, 1.165) is 0 Å². The second-order valence-electron chi connectivity index (χ2n) is 3.62. The predicted molar refractivity (Wildman–Crippen MR) is 53.8 cm³/mol. The molecule has 1 aliphatic heterocycles. The molecule has 7 heteroatoms. The molecule has 0 aromatic carbocycles. The summed E-state index contributed by atoms with van der Waals surface area (Å²) >= 11 is 0. The third kappa shape index (κ3) is 2.91. The van der Waals surface area contributed by atoms with Crippen molar-refractivity contribution in [3.63, 3.8) is 0 Å². The molecule has 3 atom stereocenters. The fourth-order valence-corrected chi connectivity index (χ4v) is 1.56. The lowest BCUT2D eigenvalue weighted by atomic mass is 10.0. The summed E-state index contributed by atoms with van der Waals surface area (Å²) in [6.45, 7) is 0.0550. The van der Waals surface area contributed by atoms with Gasteiger partial charge in [-0.3, -0.25) is 4.79 Å². The summed E-state index contributed by atoms with van der Waals surface area (Å²) in [6, 6.07) is -1.38. The van der Waals surface area contributed by atoms with Gasteiger partial charge in [0.1, 0.15) is 6.04 Å². The van der Waals surface area contributed by atoms with Crippen molar-refractivity contribution in [2.45, 2.75) is 12.1 Å². The summed E-state index contributed by atoms with van der Waals surface area (Å²) in [5, 5.41) is 22.6. The summed E-state index contributed by atoms with van der Waals surface area (Å²) in [7, 11) is 1.71. The Balaban J connectivity index is 2.54. The highest BCUT2D eigenvalue weighted by molar-refractivity contribution is 5.85. The zero-order chi connectivity index (χ0) is 12.1. The first kappa shape index (κ1) is 12.9. The number of amides is 1. The first-order chi connectivity index (χ1) is 7.60. The average Bonchev–Trinajstić information content (AvgIpc) is 2.72. The van der Waals surface area contributed by atoms with Crippen LogP contribution in [0.2, 0.25) is 0 Å². The highest BCUT2D eigenvalue weighted by Gasteiger charge is 2.34. The molecule has 1 aliphatic rings. The van der Waals surface area contributed by atoms with Gasteiger partial charge in [-0.05, 0) is 7.05 Å². The molecule has 0 bridgehead atoms. The van der Waals surface area contributed by atoms with Crippen molar-refractivity contribution in [2.75, 3.05) is 26.9 Å². The second-order valence-corrected chi connectivity index (χ2v) is 3.62. The Morgan fingerprint density at radius 3 is 2.69 bits per heavy atom. The van der Waals surface area contributed by atoms with Crippen LogP contribution in [0.25, 0.3) is 0 Å². The Labute approximate surface area is 92.8 Å². The van der Waals surface area contributed by atoms with Crippen LogP contribution in [0, 0.1) is 5.92 Å². The molecule has 1 rings (SSSR count). The largest absolute Gasteiger partial charge is 0.480 e. The molecule has 1 saturated heterocycles. The zero-order valence-corrected chi connectivity index (χ0v) is 8.97. The van der Waals surface area contributed by atoms with Crippen LogP contribution in [-0.4, -0.2) is 61.0 Å². The summed E-state index contributed by atoms with van der Waals surface area (Å²) in [4.78, 5) is 22.3. The highest BCUT2D eigenvalue weighted by atomic mass is 16.5. The molecule has 92 valence electrons. The molecule has 1 heterocycles. The molecule has 0 aliphatic carbocycles. The third-order valence-corrected chi connectivity index (χ3v) is 2.59. The maximum Gasteiger partial charge on any atom is 0.328 e. The van der Waals surface area contributed by atoms with Crippen molar-refractivity contribution >= 4 is 11.9 Å². The number of carbonyl (C=O) groups is 2. The van der Waals surface area contributed by atoms with Crippen molar-refractivity contribution in [2.24, 2.45) is 5.92 Å². The minimum atomic E-state index is -1.26. The normalized spacial score (nSPS) is 26.4. The van der Waals surface area contributed by atoms with Gasteiger partial charge in [0.05, 0.1) is 25.7 Å². The Hall–Kier alpha value is -1.18. The van der Waals surface area contributed by atoms with Crippen LogP contribution in [-0.2, 0) is 14.3 Å². The molecule has 0 radical (unpaired) electrons. The monoisotopic (exact) mass is 232 g/mol. The number of likely N-dealkylation sites (N-methyl/N-ethyl adjacent to an activating group) is 1. The molecular weight excluding hydrogens is 216 g/mol. The topological polar surface area (TPSA) is 108 Å². The molecule has 0 aromatic rings. The Kier molecular flexibility index (Phi) is 4.66. The molecule has 0 spiro atoms. The van der Waals surface area contributed by atoms with E-state index >= 15 is 0 Å². The van der Waals surface area contributed by atoms with Gasteiger partial charge in [-0.15, -0.1) is 0 Å². The minimum absolute atomic E-state index is 0.117. The van der Waals surface area contributed by atoms with E-state index in [-0.39, 0.29) is 12.6 Å². The number of hydrogen-bond donors (Lipinski definition) is 4. The molecule has 7 nitrogen and oxygen atoms in total.